The predicted octanol–water partition coefficient (Wildman–Crippen LogP) is 6.99. The lowest BCUT2D eigenvalue weighted by Gasteiger charge is -2.39. The van der Waals surface area contributed by atoms with Gasteiger partial charge in [-0.2, -0.15) is 0 Å². The van der Waals surface area contributed by atoms with Gasteiger partial charge in [-0.1, -0.05) is 66.6 Å². The topological polar surface area (TPSA) is 0 Å². The van der Waals surface area contributed by atoms with Gasteiger partial charge in [-0.3, -0.25) is 0 Å². The maximum absolute atomic E-state index is 5.77. The first-order valence-electron chi connectivity index (χ1n) is 8.99. The number of fused-ring (bicyclic) bond motifs is 3. The maximum atomic E-state index is 5.77. The van der Waals surface area contributed by atoms with E-state index in [1.165, 1.54) is 30.7 Å². The molecule has 0 fully saturated rings. The second-order valence-electron chi connectivity index (χ2n) is 6.59. The first-order chi connectivity index (χ1) is 13.4. The van der Waals surface area contributed by atoms with Crippen molar-refractivity contribution in [2.45, 2.75) is 19.6 Å². The van der Waals surface area contributed by atoms with Gasteiger partial charge in [0.25, 0.3) is 0 Å². The molecule has 27 heavy (non-hydrogen) atoms. The van der Waals surface area contributed by atoms with E-state index in [2.05, 4.69) is 109 Å². The van der Waals surface area contributed by atoms with Gasteiger partial charge < -0.3 is 0 Å². The molecule has 0 nitrogen and oxygen atoms in total. The van der Waals surface area contributed by atoms with E-state index in [1.807, 2.05) is 0 Å². The molecule has 4 aromatic carbocycles. The number of hydrogen-bond acceptors (Lipinski definition) is 0. The quantitative estimate of drug-likeness (QED) is 0.297. The molecule has 0 aliphatic carbocycles. The van der Waals surface area contributed by atoms with Crippen LogP contribution < -0.4 is 0 Å². The second kappa shape index (κ2) is 6.20. The summed E-state index contributed by atoms with van der Waals surface area (Å²) in [7, 11) is -1.57. The largest absolute Gasteiger partial charge is 0.132 e. The standard InChI is InChI=1S/C26H18S/c1-2-20-17-18-24-23-15-9-10-16-25(23)27(26(24)19-20,21-11-5-3-6-12-21)22-13-7-4-8-14-22/h1,3-19H. The van der Waals surface area contributed by atoms with Crippen LogP contribution in [0, 0.1) is 12.3 Å². The first kappa shape index (κ1) is 16.0. The van der Waals surface area contributed by atoms with Crippen LogP contribution in [0.2, 0.25) is 0 Å². The molecule has 0 aromatic heterocycles. The second-order valence-corrected chi connectivity index (χ2v) is 9.64. The van der Waals surface area contributed by atoms with Crippen LogP contribution in [0.25, 0.3) is 11.1 Å². The summed E-state index contributed by atoms with van der Waals surface area (Å²) >= 11 is 0. The summed E-state index contributed by atoms with van der Waals surface area (Å²) in [6.45, 7) is 0. The Hall–Kier alpha value is -3.21. The minimum absolute atomic E-state index is 0.935. The Balaban J connectivity index is 1.99. The Morgan fingerprint density at radius 2 is 1.11 bits per heavy atom. The van der Waals surface area contributed by atoms with Gasteiger partial charge in [-0.15, -0.1) is 16.5 Å². The molecule has 1 heteroatoms. The van der Waals surface area contributed by atoms with Crippen molar-refractivity contribution in [2.75, 3.05) is 0 Å². The van der Waals surface area contributed by atoms with Crippen LogP contribution in [0.4, 0.5) is 0 Å². The molecule has 4 aromatic rings. The average Bonchev–Trinajstić information content (AvgIpc) is 3.05. The van der Waals surface area contributed by atoms with Crippen molar-refractivity contribution in [3.8, 4) is 23.5 Å². The van der Waals surface area contributed by atoms with Gasteiger partial charge in [-0.05, 0) is 53.6 Å². The van der Waals surface area contributed by atoms with Crippen LogP contribution in [0.3, 0.4) is 0 Å². The Morgan fingerprint density at radius 1 is 0.556 bits per heavy atom. The zero-order valence-electron chi connectivity index (χ0n) is 14.8. The number of rotatable bonds is 2. The van der Waals surface area contributed by atoms with E-state index in [0.29, 0.717) is 0 Å². The minimum atomic E-state index is -1.57. The van der Waals surface area contributed by atoms with Crippen LogP contribution in [0.5, 0.6) is 0 Å². The summed E-state index contributed by atoms with van der Waals surface area (Å²) in [6, 6.07) is 37.1. The molecular weight excluding hydrogens is 344 g/mol. The van der Waals surface area contributed by atoms with Gasteiger partial charge >= 0.3 is 0 Å². The zero-order valence-corrected chi connectivity index (χ0v) is 15.6. The molecule has 0 atom stereocenters. The summed E-state index contributed by atoms with van der Waals surface area (Å²) in [5.74, 6) is 2.84. The molecule has 128 valence electrons. The highest BCUT2D eigenvalue weighted by Crippen LogP contribution is 2.79. The molecule has 5 rings (SSSR count). The first-order valence-corrected chi connectivity index (χ1v) is 10.6. The van der Waals surface area contributed by atoms with Gasteiger partial charge in [0.2, 0.25) is 0 Å². The minimum Gasteiger partial charge on any atom is -0.132 e. The van der Waals surface area contributed by atoms with Crippen LogP contribution in [-0.2, 0) is 0 Å². The van der Waals surface area contributed by atoms with Gasteiger partial charge in [0.05, 0.1) is 0 Å². The van der Waals surface area contributed by atoms with Gasteiger partial charge in [0.1, 0.15) is 0 Å². The van der Waals surface area contributed by atoms with Gasteiger partial charge in [-0.25, -0.2) is 0 Å². The van der Waals surface area contributed by atoms with E-state index < -0.39 is 10.0 Å². The fourth-order valence-corrected chi connectivity index (χ4v) is 8.31. The number of hydrogen-bond donors (Lipinski definition) is 0. The lowest BCUT2D eigenvalue weighted by Crippen LogP contribution is -2.01. The third-order valence-electron chi connectivity index (χ3n) is 5.18. The lowest BCUT2D eigenvalue weighted by molar-refractivity contribution is 1.29. The molecule has 0 amide bonds. The van der Waals surface area contributed by atoms with Gasteiger partial charge in [0, 0.05) is 25.1 Å². The molecule has 1 aliphatic heterocycles. The SMILES string of the molecule is C#Cc1ccc2c(c1)S(c1ccccc1)(c1ccccc1)c1ccccc1-2. The molecule has 0 bridgehead atoms. The fourth-order valence-electron chi connectivity index (χ4n) is 4.06. The Morgan fingerprint density at radius 3 is 1.74 bits per heavy atom. The van der Waals surface area contributed by atoms with Crippen LogP contribution in [-0.4, -0.2) is 0 Å². The molecule has 0 radical (unpaired) electrons. The van der Waals surface area contributed by atoms with Crippen molar-refractivity contribution in [2.24, 2.45) is 0 Å². The van der Waals surface area contributed by atoms with Crippen LogP contribution in [0.1, 0.15) is 5.56 Å². The molecule has 0 saturated carbocycles. The Labute approximate surface area is 161 Å². The van der Waals surface area contributed by atoms with Crippen LogP contribution in [0.15, 0.2) is 123 Å². The van der Waals surface area contributed by atoms with E-state index in [0.717, 1.165) is 5.56 Å². The van der Waals surface area contributed by atoms with Crippen molar-refractivity contribution in [1.82, 2.24) is 0 Å². The third kappa shape index (κ3) is 2.21. The Bertz CT molecular complexity index is 1130. The summed E-state index contributed by atoms with van der Waals surface area (Å²) in [5.41, 5.74) is 3.55. The Kier molecular flexibility index (Phi) is 3.67. The molecule has 0 spiro atoms. The number of terminal acetylenes is 1. The average molecular weight is 362 g/mol. The van der Waals surface area contributed by atoms with E-state index in [1.54, 1.807) is 0 Å². The molecular formula is C26H18S. The molecule has 0 N–H and O–H groups in total. The molecule has 0 saturated heterocycles. The normalized spacial score (nSPS) is 14.6. The van der Waals surface area contributed by atoms with E-state index in [-0.39, 0.29) is 0 Å². The highest BCUT2D eigenvalue weighted by atomic mass is 32.3. The maximum Gasteiger partial charge on any atom is 0.0253 e. The van der Waals surface area contributed by atoms with Crippen molar-refractivity contribution in [3.05, 3.63) is 109 Å². The predicted molar refractivity (Wildman–Crippen MR) is 113 cm³/mol. The van der Waals surface area contributed by atoms with E-state index >= 15 is 0 Å². The summed E-state index contributed by atoms with van der Waals surface area (Å²) in [6.07, 6.45) is 5.77. The van der Waals surface area contributed by atoms with E-state index in [9.17, 15) is 0 Å². The summed E-state index contributed by atoms with van der Waals surface area (Å²) < 4.78 is 0. The fraction of sp³-hybridized carbons (Fsp3) is 0. The highest BCUT2D eigenvalue weighted by Gasteiger charge is 2.41. The monoisotopic (exact) mass is 362 g/mol. The molecule has 0 unspecified atom stereocenters. The highest BCUT2D eigenvalue weighted by molar-refractivity contribution is 8.34. The van der Waals surface area contributed by atoms with Crippen molar-refractivity contribution in [3.63, 3.8) is 0 Å². The summed E-state index contributed by atoms with van der Waals surface area (Å²) in [5, 5.41) is 0. The van der Waals surface area contributed by atoms with Crippen molar-refractivity contribution < 1.29 is 0 Å². The van der Waals surface area contributed by atoms with Crippen LogP contribution >= 0.6 is 10.0 Å². The lowest BCUT2D eigenvalue weighted by atomic mass is 10.0. The zero-order chi connectivity index (χ0) is 18.3. The van der Waals surface area contributed by atoms with E-state index in [4.69, 9.17) is 6.42 Å². The van der Waals surface area contributed by atoms with Gasteiger partial charge in [0.15, 0.2) is 0 Å². The molecule has 1 aliphatic rings. The smallest absolute Gasteiger partial charge is 0.0253 e. The number of benzene rings is 4. The van der Waals surface area contributed by atoms with Crippen molar-refractivity contribution >= 4 is 10.0 Å². The third-order valence-corrected chi connectivity index (χ3v) is 9.15. The summed E-state index contributed by atoms with van der Waals surface area (Å²) in [4.78, 5) is 5.43. The molecule has 1 heterocycles. The van der Waals surface area contributed by atoms with Crippen molar-refractivity contribution in [1.29, 1.82) is 0 Å².